The van der Waals surface area contributed by atoms with E-state index < -0.39 is 18.1 Å². The Morgan fingerprint density at radius 3 is 2.12 bits per heavy atom. The Labute approximate surface area is 151 Å². The van der Waals surface area contributed by atoms with Crippen LogP contribution in [0.5, 0.6) is 0 Å². The van der Waals surface area contributed by atoms with Crippen LogP contribution in [-0.2, 0) is 10.0 Å². The first kappa shape index (κ1) is 17.9. The third-order valence-electron chi connectivity index (χ3n) is 4.09. The summed E-state index contributed by atoms with van der Waals surface area (Å²) in [4.78, 5) is 0.330. The summed E-state index contributed by atoms with van der Waals surface area (Å²) in [5, 5.41) is 0. The summed E-state index contributed by atoms with van der Waals surface area (Å²) in [7, 11) is -5.12. The summed E-state index contributed by atoms with van der Waals surface area (Å²) >= 11 is 0. The van der Waals surface area contributed by atoms with Crippen LogP contribution < -0.4 is 0 Å². The number of hydrogen-bond donors (Lipinski definition) is 0. The molecule has 2 aromatic carbocycles. The zero-order chi connectivity index (χ0) is 18.2. The highest BCUT2D eigenvalue weighted by Gasteiger charge is 2.55. The summed E-state index contributed by atoms with van der Waals surface area (Å²) in [5.41, 5.74) is 5.36. The van der Waals surface area contributed by atoms with Gasteiger partial charge < -0.3 is 0 Å². The second-order valence-corrected chi connectivity index (χ2v) is 14.1. The molecule has 1 unspecified atom stereocenters. The molecule has 0 saturated carbocycles. The van der Waals surface area contributed by atoms with Crippen molar-refractivity contribution >= 4 is 18.1 Å². The fourth-order valence-corrected chi connectivity index (χ4v) is 5.01. The molecular formula is C20H23NO2SSi. The van der Waals surface area contributed by atoms with Gasteiger partial charge in [-0.3, -0.25) is 0 Å². The Morgan fingerprint density at radius 1 is 0.960 bits per heavy atom. The maximum atomic E-state index is 13.1. The molecule has 3 nitrogen and oxygen atoms in total. The fraction of sp³-hybridized carbons (Fsp3) is 0.300. The maximum absolute atomic E-state index is 13.1. The van der Waals surface area contributed by atoms with Gasteiger partial charge >= 0.3 is 0 Å². The standard InChI is InChI=1S/C20H23NO2SSi/c1-16-10-12-18(13-11-16)24(22,23)21-19(14-15-25(2,3)4)20(21)17-8-6-5-7-9-17/h5-13,19-20H,1-4H3/t19-,20-,21?/m1/s1. The normalized spacial score (nSPS) is 22.8. The second kappa shape index (κ2) is 6.45. The van der Waals surface area contributed by atoms with Crippen molar-refractivity contribution in [1.29, 1.82) is 0 Å². The van der Waals surface area contributed by atoms with Gasteiger partial charge in [0, 0.05) is 0 Å². The van der Waals surface area contributed by atoms with E-state index in [0.717, 1.165) is 11.1 Å². The molecule has 0 aromatic heterocycles. The average Bonchev–Trinajstić information content (AvgIpc) is 3.29. The molecule has 1 saturated heterocycles. The molecule has 130 valence electrons. The molecule has 25 heavy (non-hydrogen) atoms. The first-order chi connectivity index (χ1) is 11.7. The number of nitrogens with zero attached hydrogens (tertiary/aromatic N) is 1. The summed E-state index contributed by atoms with van der Waals surface area (Å²) in [6.07, 6.45) is 0. The molecule has 1 heterocycles. The average molecular weight is 370 g/mol. The van der Waals surface area contributed by atoms with Gasteiger partial charge in [0.1, 0.15) is 14.1 Å². The predicted octanol–water partition coefficient (Wildman–Crippen LogP) is 3.99. The first-order valence-electron chi connectivity index (χ1n) is 8.38. The van der Waals surface area contributed by atoms with Crippen molar-refractivity contribution in [2.45, 2.75) is 43.5 Å². The van der Waals surface area contributed by atoms with Gasteiger partial charge in [0.05, 0.1) is 10.9 Å². The van der Waals surface area contributed by atoms with E-state index in [1.807, 2.05) is 49.4 Å². The van der Waals surface area contributed by atoms with Crippen molar-refractivity contribution in [2.75, 3.05) is 0 Å². The Hall–Kier alpha value is -1.87. The lowest BCUT2D eigenvalue weighted by molar-refractivity contribution is 0.551. The molecule has 2 aromatic rings. The van der Waals surface area contributed by atoms with Crippen LogP contribution >= 0.6 is 0 Å². The monoisotopic (exact) mass is 369 g/mol. The van der Waals surface area contributed by atoms with Crippen LogP contribution in [0.4, 0.5) is 0 Å². The third kappa shape index (κ3) is 3.87. The molecule has 0 N–H and O–H groups in total. The van der Waals surface area contributed by atoms with E-state index in [9.17, 15) is 8.42 Å². The predicted molar refractivity (Wildman–Crippen MR) is 104 cm³/mol. The van der Waals surface area contributed by atoms with E-state index in [4.69, 9.17) is 0 Å². The van der Waals surface area contributed by atoms with Crippen molar-refractivity contribution in [3.63, 3.8) is 0 Å². The van der Waals surface area contributed by atoms with Crippen LogP contribution in [0.3, 0.4) is 0 Å². The minimum Gasteiger partial charge on any atom is -0.207 e. The molecule has 1 aliphatic rings. The molecule has 1 aliphatic heterocycles. The van der Waals surface area contributed by atoms with Gasteiger partial charge in [0.25, 0.3) is 0 Å². The van der Waals surface area contributed by atoms with Crippen LogP contribution in [0, 0.1) is 18.4 Å². The summed E-state index contributed by atoms with van der Waals surface area (Å²) in [5.74, 6) is 3.24. The van der Waals surface area contributed by atoms with E-state index in [1.54, 1.807) is 16.4 Å². The molecule has 1 fully saturated rings. The third-order valence-corrected chi connectivity index (χ3v) is 6.86. The van der Waals surface area contributed by atoms with E-state index >= 15 is 0 Å². The highest BCUT2D eigenvalue weighted by Crippen LogP contribution is 2.47. The van der Waals surface area contributed by atoms with Crippen LogP contribution in [0.25, 0.3) is 0 Å². The molecule has 3 atom stereocenters. The van der Waals surface area contributed by atoms with Gasteiger partial charge in [-0.05, 0) is 24.6 Å². The Bertz CT molecular complexity index is 920. The molecular weight excluding hydrogens is 346 g/mol. The number of aryl methyl sites for hydroxylation is 1. The lowest BCUT2D eigenvalue weighted by Gasteiger charge is -2.07. The van der Waals surface area contributed by atoms with Gasteiger partial charge in [-0.1, -0.05) is 73.6 Å². The SMILES string of the molecule is Cc1ccc(S(=O)(=O)N2[C@H](C#C[Si](C)(C)C)[C@H]2c2ccccc2)cc1. The Balaban J connectivity index is 1.99. The second-order valence-electron chi connectivity index (χ2n) is 7.47. The van der Waals surface area contributed by atoms with Crippen molar-refractivity contribution < 1.29 is 8.42 Å². The first-order valence-corrected chi connectivity index (χ1v) is 13.3. The highest BCUT2D eigenvalue weighted by molar-refractivity contribution is 7.89. The van der Waals surface area contributed by atoms with E-state index in [-0.39, 0.29) is 12.1 Å². The zero-order valence-corrected chi connectivity index (χ0v) is 16.8. The Kier molecular flexibility index (Phi) is 4.63. The number of hydrogen-bond acceptors (Lipinski definition) is 2. The van der Waals surface area contributed by atoms with E-state index in [2.05, 4.69) is 31.1 Å². The van der Waals surface area contributed by atoms with Gasteiger partial charge in [0.15, 0.2) is 0 Å². The van der Waals surface area contributed by atoms with Crippen LogP contribution in [0.15, 0.2) is 59.5 Å². The zero-order valence-electron chi connectivity index (χ0n) is 15.0. The van der Waals surface area contributed by atoms with Crippen LogP contribution in [-0.4, -0.2) is 26.8 Å². The quantitative estimate of drug-likeness (QED) is 0.466. The molecule has 0 amide bonds. The van der Waals surface area contributed by atoms with E-state index in [1.165, 1.54) is 0 Å². The summed E-state index contributed by atoms with van der Waals surface area (Å²) in [6, 6.07) is 16.3. The Morgan fingerprint density at radius 2 is 1.56 bits per heavy atom. The largest absolute Gasteiger partial charge is 0.244 e. The minimum atomic E-state index is -3.55. The van der Waals surface area contributed by atoms with Crippen molar-refractivity contribution in [1.82, 2.24) is 4.31 Å². The highest BCUT2D eigenvalue weighted by atomic mass is 32.2. The molecule has 0 bridgehead atoms. The molecule has 0 radical (unpaired) electrons. The molecule has 0 spiro atoms. The maximum Gasteiger partial charge on any atom is 0.244 e. The van der Waals surface area contributed by atoms with E-state index in [0.29, 0.717) is 4.90 Å². The summed E-state index contributed by atoms with van der Waals surface area (Å²) in [6.45, 7) is 8.44. The van der Waals surface area contributed by atoms with Crippen molar-refractivity contribution in [3.05, 3.63) is 65.7 Å². The lowest BCUT2D eigenvalue weighted by atomic mass is 10.1. The molecule has 5 heteroatoms. The van der Waals surface area contributed by atoms with Crippen molar-refractivity contribution in [2.24, 2.45) is 0 Å². The number of sulfonamides is 1. The minimum absolute atomic E-state index is 0.198. The summed E-state index contributed by atoms with van der Waals surface area (Å²) < 4.78 is 27.7. The van der Waals surface area contributed by atoms with Gasteiger partial charge in [0.2, 0.25) is 10.0 Å². The van der Waals surface area contributed by atoms with Crippen LogP contribution in [0.2, 0.25) is 19.6 Å². The fourth-order valence-electron chi connectivity index (χ4n) is 2.75. The lowest BCUT2D eigenvalue weighted by Crippen LogP contribution is -2.18. The topological polar surface area (TPSA) is 37.1 Å². The molecule has 3 rings (SSSR count). The number of benzene rings is 2. The molecule has 0 aliphatic carbocycles. The van der Waals surface area contributed by atoms with Crippen LogP contribution in [0.1, 0.15) is 17.2 Å². The van der Waals surface area contributed by atoms with Crippen molar-refractivity contribution in [3.8, 4) is 11.5 Å². The van der Waals surface area contributed by atoms with Gasteiger partial charge in [-0.15, -0.1) is 5.54 Å². The van der Waals surface area contributed by atoms with Gasteiger partial charge in [-0.25, -0.2) is 8.42 Å². The smallest absolute Gasteiger partial charge is 0.207 e. The number of rotatable bonds is 3. The van der Waals surface area contributed by atoms with Gasteiger partial charge in [-0.2, -0.15) is 4.31 Å².